The Bertz CT molecular complexity index is 291. The van der Waals surface area contributed by atoms with Crippen LogP contribution in [0.4, 0.5) is 17.6 Å². The van der Waals surface area contributed by atoms with Gasteiger partial charge in [-0.25, -0.2) is 18.7 Å². The van der Waals surface area contributed by atoms with E-state index in [9.17, 15) is 17.6 Å². The van der Waals surface area contributed by atoms with Gasteiger partial charge < -0.3 is 5.32 Å². The maximum Gasteiger partial charge on any atom is 0.319 e. The molecular weight excluding hydrogens is 214 g/mol. The van der Waals surface area contributed by atoms with Crippen molar-refractivity contribution in [3.63, 3.8) is 0 Å². The van der Waals surface area contributed by atoms with Crippen LogP contribution in [-0.2, 0) is 6.54 Å². The molecule has 1 aromatic rings. The molecule has 1 aromatic heterocycles. The molecule has 84 valence electrons. The lowest BCUT2D eigenvalue weighted by Crippen LogP contribution is -2.38. The molecule has 0 atom stereocenters. The Morgan fingerprint density at radius 1 is 1.40 bits per heavy atom. The predicted molar refractivity (Wildman–Crippen MR) is 44.7 cm³/mol. The molecule has 0 unspecified atom stereocenters. The second-order valence-electron chi connectivity index (χ2n) is 2.87. The monoisotopic (exact) mass is 223 g/mol. The molecule has 1 heterocycles. The number of halogens is 4. The maximum absolute atomic E-state index is 12.4. The number of nitrogens with zero attached hydrogens (tertiary/aromatic N) is 2. The van der Waals surface area contributed by atoms with Gasteiger partial charge in [0.2, 0.25) is 0 Å². The van der Waals surface area contributed by atoms with E-state index in [1.54, 1.807) is 0 Å². The third kappa shape index (κ3) is 3.78. The molecule has 0 aliphatic heterocycles. The number of aromatic nitrogens is 2. The molecule has 0 bridgehead atoms. The molecule has 0 fully saturated rings. The molecule has 15 heavy (non-hydrogen) atoms. The SMILES string of the molecule is FC(F)C(F)(F)CNCc1ccncn1. The van der Waals surface area contributed by atoms with Crippen molar-refractivity contribution in [1.82, 2.24) is 15.3 Å². The number of alkyl halides is 4. The van der Waals surface area contributed by atoms with Crippen LogP contribution in [-0.4, -0.2) is 28.9 Å². The van der Waals surface area contributed by atoms with Crippen LogP contribution in [0.25, 0.3) is 0 Å². The van der Waals surface area contributed by atoms with Gasteiger partial charge in [0, 0.05) is 12.7 Å². The van der Waals surface area contributed by atoms with Crippen molar-refractivity contribution in [2.45, 2.75) is 18.9 Å². The lowest BCUT2D eigenvalue weighted by Gasteiger charge is -2.15. The molecule has 0 spiro atoms. The fourth-order valence-corrected chi connectivity index (χ4v) is 0.857. The second kappa shape index (κ2) is 5.01. The highest BCUT2D eigenvalue weighted by molar-refractivity contribution is 4.97. The van der Waals surface area contributed by atoms with E-state index in [1.807, 2.05) is 0 Å². The van der Waals surface area contributed by atoms with Crippen molar-refractivity contribution in [3.8, 4) is 0 Å². The van der Waals surface area contributed by atoms with Crippen LogP contribution >= 0.6 is 0 Å². The summed E-state index contributed by atoms with van der Waals surface area (Å²) < 4.78 is 48.3. The van der Waals surface area contributed by atoms with Gasteiger partial charge >= 0.3 is 12.3 Å². The van der Waals surface area contributed by atoms with Crippen LogP contribution in [0.2, 0.25) is 0 Å². The molecule has 0 aliphatic carbocycles. The third-order valence-corrected chi connectivity index (χ3v) is 1.63. The van der Waals surface area contributed by atoms with E-state index in [0.717, 1.165) is 0 Å². The summed E-state index contributed by atoms with van der Waals surface area (Å²) in [7, 11) is 0. The Morgan fingerprint density at radius 2 is 2.13 bits per heavy atom. The van der Waals surface area contributed by atoms with E-state index in [1.165, 1.54) is 18.6 Å². The Kier molecular flexibility index (Phi) is 3.96. The maximum atomic E-state index is 12.4. The number of hydrogen-bond acceptors (Lipinski definition) is 3. The van der Waals surface area contributed by atoms with Gasteiger partial charge in [0.1, 0.15) is 6.33 Å². The van der Waals surface area contributed by atoms with Gasteiger partial charge in [-0.15, -0.1) is 0 Å². The third-order valence-electron chi connectivity index (χ3n) is 1.63. The minimum Gasteiger partial charge on any atom is -0.305 e. The van der Waals surface area contributed by atoms with Crippen molar-refractivity contribution in [2.75, 3.05) is 6.54 Å². The molecular formula is C8H9F4N3. The van der Waals surface area contributed by atoms with Gasteiger partial charge in [-0.05, 0) is 6.07 Å². The largest absolute Gasteiger partial charge is 0.319 e. The molecule has 0 saturated carbocycles. The van der Waals surface area contributed by atoms with Crippen molar-refractivity contribution >= 4 is 0 Å². The zero-order valence-corrected chi connectivity index (χ0v) is 7.63. The van der Waals surface area contributed by atoms with Gasteiger partial charge in [-0.3, -0.25) is 0 Å². The Morgan fingerprint density at radius 3 is 2.67 bits per heavy atom. The Balaban J connectivity index is 2.34. The normalized spacial score (nSPS) is 12.1. The number of nitrogens with one attached hydrogen (secondary N) is 1. The van der Waals surface area contributed by atoms with Crippen LogP contribution in [0.5, 0.6) is 0 Å². The molecule has 0 aromatic carbocycles. The Labute approximate surface area is 83.5 Å². The van der Waals surface area contributed by atoms with Crippen LogP contribution in [0.1, 0.15) is 5.69 Å². The molecule has 1 rings (SSSR count). The summed E-state index contributed by atoms with van der Waals surface area (Å²) in [6.45, 7) is -1.07. The highest BCUT2D eigenvalue weighted by Crippen LogP contribution is 2.21. The van der Waals surface area contributed by atoms with Crippen molar-refractivity contribution in [2.24, 2.45) is 0 Å². The van der Waals surface area contributed by atoms with E-state index >= 15 is 0 Å². The average Bonchev–Trinajstić information content (AvgIpc) is 2.19. The van der Waals surface area contributed by atoms with E-state index in [2.05, 4.69) is 15.3 Å². The first kappa shape index (κ1) is 11.8. The Hall–Kier alpha value is -1.24. The lowest BCUT2D eigenvalue weighted by molar-refractivity contribution is -0.125. The minimum atomic E-state index is -4.01. The van der Waals surface area contributed by atoms with Crippen molar-refractivity contribution in [3.05, 3.63) is 24.3 Å². The predicted octanol–water partition coefficient (Wildman–Crippen LogP) is 1.47. The molecule has 0 amide bonds. The second-order valence-corrected chi connectivity index (χ2v) is 2.87. The summed E-state index contributed by atoms with van der Waals surface area (Å²) in [4.78, 5) is 7.36. The molecule has 1 N–H and O–H groups in total. The quantitative estimate of drug-likeness (QED) is 0.768. The fraction of sp³-hybridized carbons (Fsp3) is 0.500. The molecule has 0 aliphatic rings. The highest BCUT2D eigenvalue weighted by atomic mass is 19.3. The van der Waals surface area contributed by atoms with E-state index in [4.69, 9.17) is 0 Å². The number of hydrogen-bond donors (Lipinski definition) is 1. The summed E-state index contributed by atoms with van der Waals surface area (Å²) in [5, 5.41) is 2.20. The fourth-order valence-electron chi connectivity index (χ4n) is 0.857. The smallest absolute Gasteiger partial charge is 0.305 e. The number of rotatable bonds is 5. The van der Waals surface area contributed by atoms with Gasteiger partial charge in [0.15, 0.2) is 0 Å². The first-order valence-electron chi connectivity index (χ1n) is 4.14. The molecule has 3 nitrogen and oxygen atoms in total. The van der Waals surface area contributed by atoms with Gasteiger partial charge in [0.05, 0.1) is 12.2 Å². The summed E-state index contributed by atoms with van der Waals surface area (Å²) in [6.07, 6.45) is -0.965. The van der Waals surface area contributed by atoms with E-state index < -0.39 is 18.9 Å². The topological polar surface area (TPSA) is 37.8 Å². The van der Waals surface area contributed by atoms with Gasteiger partial charge in [0.25, 0.3) is 0 Å². The van der Waals surface area contributed by atoms with Gasteiger partial charge in [-0.1, -0.05) is 0 Å². The van der Waals surface area contributed by atoms with Crippen LogP contribution in [0.3, 0.4) is 0 Å². The van der Waals surface area contributed by atoms with Crippen LogP contribution in [0.15, 0.2) is 18.6 Å². The van der Waals surface area contributed by atoms with Crippen molar-refractivity contribution in [1.29, 1.82) is 0 Å². The van der Waals surface area contributed by atoms with E-state index in [-0.39, 0.29) is 6.54 Å². The average molecular weight is 223 g/mol. The molecule has 7 heteroatoms. The summed E-state index contributed by atoms with van der Waals surface area (Å²) in [5.74, 6) is -4.01. The summed E-state index contributed by atoms with van der Waals surface area (Å²) >= 11 is 0. The first-order chi connectivity index (χ1) is 7.02. The first-order valence-corrected chi connectivity index (χ1v) is 4.14. The van der Waals surface area contributed by atoms with Gasteiger partial charge in [-0.2, -0.15) is 8.78 Å². The molecule has 0 radical (unpaired) electrons. The van der Waals surface area contributed by atoms with E-state index in [0.29, 0.717) is 5.69 Å². The van der Waals surface area contributed by atoms with Crippen LogP contribution in [0, 0.1) is 0 Å². The minimum absolute atomic E-state index is 0.00479. The summed E-state index contributed by atoms with van der Waals surface area (Å²) in [5.41, 5.74) is 0.468. The zero-order chi connectivity index (χ0) is 11.3. The standard InChI is InChI=1S/C8H9F4N3/c9-7(10)8(11,12)4-14-3-6-1-2-13-5-15-6/h1-2,5,7,14H,3-4H2. The zero-order valence-electron chi connectivity index (χ0n) is 7.63. The highest BCUT2D eigenvalue weighted by Gasteiger charge is 2.39. The lowest BCUT2D eigenvalue weighted by atomic mass is 10.3. The summed E-state index contributed by atoms with van der Waals surface area (Å²) in [6, 6.07) is 1.51. The molecule has 0 saturated heterocycles. The van der Waals surface area contributed by atoms with Crippen molar-refractivity contribution < 1.29 is 17.6 Å². The van der Waals surface area contributed by atoms with Crippen LogP contribution < -0.4 is 5.32 Å².